The van der Waals surface area contributed by atoms with Gasteiger partial charge in [0.15, 0.2) is 5.16 Å². The molecule has 0 amide bonds. The molecule has 0 radical (unpaired) electrons. The normalized spacial score (nSPS) is 9.82. The Hall–Kier alpha value is -2.06. The monoisotopic (exact) mass is 243 g/mol. The molecule has 0 aliphatic heterocycles. The predicted octanol–water partition coefficient (Wildman–Crippen LogP) is 1.93. The second-order valence-corrected chi connectivity index (χ2v) is 4.30. The Morgan fingerprint density at radius 2 is 2.06 bits per heavy atom. The van der Waals surface area contributed by atoms with Gasteiger partial charge in [0.1, 0.15) is 0 Å². The van der Waals surface area contributed by atoms with Gasteiger partial charge < -0.3 is 4.98 Å². The van der Waals surface area contributed by atoms with Crippen LogP contribution in [0.5, 0.6) is 0 Å². The minimum Gasteiger partial charge on any atom is -0.301 e. The number of hydrogen-bond donors (Lipinski definition) is 1. The molecule has 84 valence electrons. The quantitative estimate of drug-likeness (QED) is 0.660. The van der Waals surface area contributed by atoms with E-state index in [-0.39, 0.29) is 5.56 Å². The number of nitrogens with one attached hydrogen (secondary N) is 1. The van der Waals surface area contributed by atoms with E-state index in [1.165, 1.54) is 24.0 Å². The maximum atomic E-state index is 11.0. The van der Waals surface area contributed by atoms with Gasteiger partial charge in [-0.1, -0.05) is 23.9 Å². The van der Waals surface area contributed by atoms with Crippen LogP contribution in [0.15, 0.2) is 46.5 Å². The molecule has 1 aromatic carbocycles. The molecular formula is C12H9N3OS. The van der Waals surface area contributed by atoms with Crippen molar-refractivity contribution < 1.29 is 0 Å². The first-order chi connectivity index (χ1) is 8.28. The maximum Gasteiger partial charge on any atom is 0.251 e. The summed E-state index contributed by atoms with van der Waals surface area (Å²) in [6, 6.07) is 10.8. The molecule has 0 aliphatic carbocycles. The van der Waals surface area contributed by atoms with Gasteiger partial charge >= 0.3 is 0 Å². The topological polar surface area (TPSA) is 69.5 Å². The van der Waals surface area contributed by atoms with Crippen LogP contribution in [0.3, 0.4) is 0 Å². The molecule has 0 spiro atoms. The minimum absolute atomic E-state index is 0.151. The number of nitrogens with zero attached hydrogens (tertiary/aromatic N) is 2. The number of rotatable bonds is 3. The van der Waals surface area contributed by atoms with Gasteiger partial charge in [0, 0.05) is 18.0 Å². The van der Waals surface area contributed by atoms with Crippen LogP contribution in [0.2, 0.25) is 0 Å². The zero-order valence-electron chi connectivity index (χ0n) is 8.88. The lowest BCUT2D eigenvalue weighted by molar-refractivity contribution is 0.936. The molecule has 1 N–H and O–H groups in total. The van der Waals surface area contributed by atoms with Crippen LogP contribution in [-0.4, -0.2) is 9.97 Å². The summed E-state index contributed by atoms with van der Waals surface area (Å²) < 4.78 is 0. The Bertz CT molecular complexity index is 598. The average Bonchev–Trinajstić information content (AvgIpc) is 2.37. The molecule has 0 unspecified atom stereocenters. The molecular weight excluding hydrogens is 234 g/mol. The van der Waals surface area contributed by atoms with Gasteiger partial charge in [0.2, 0.25) is 0 Å². The number of nitriles is 1. The molecule has 0 bridgehead atoms. The van der Waals surface area contributed by atoms with Gasteiger partial charge in [-0.25, -0.2) is 4.98 Å². The summed E-state index contributed by atoms with van der Waals surface area (Å²) in [5.74, 6) is 0.707. The SMILES string of the molecule is N#Cc1ccc(CSc2nccc(=O)[nH]2)cc1. The van der Waals surface area contributed by atoms with Crippen molar-refractivity contribution >= 4 is 11.8 Å². The number of hydrogen-bond acceptors (Lipinski definition) is 4. The van der Waals surface area contributed by atoms with Crippen LogP contribution in [0.4, 0.5) is 0 Å². The zero-order valence-corrected chi connectivity index (χ0v) is 9.70. The fourth-order valence-corrected chi connectivity index (χ4v) is 2.06. The van der Waals surface area contributed by atoms with Gasteiger partial charge in [0.25, 0.3) is 5.56 Å². The first-order valence-corrected chi connectivity index (χ1v) is 5.93. The average molecular weight is 243 g/mol. The predicted molar refractivity (Wildman–Crippen MR) is 65.6 cm³/mol. The van der Waals surface area contributed by atoms with Crippen molar-refractivity contribution in [1.82, 2.24) is 9.97 Å². The summed E-state index contributed by atoms with van der Waals surface area (Å²) in [6.07, 6.45) is 1.49. The zero-order chi connectivity index (χ0) is 12.1. The van der Waals surface area contributed by atoms with Gasteiger partial charge in [-0.2, -0.15) is 5.26 Å². The molecule has 0 saturated heterocycles. The summed E-state index contributed by atoms with van der Waals surface area (Å²) in [7, 11) is 0. The fraction of sp³-hybridized carbons (Fsp3) is 0.0833. The Morgan fingerprint density at radius 3 is 2.71 bits per heavy atom. The second-order valence-electron chi connectivity index (χ2n) is 3.34. The summed E-state index contributed by atoms with van der Waals surface area (Å²) >= 11 is 1.45. The number of aromatic amines is 1. The smallest absolute Gasteiger partial charge is 0.251 e. The fourth-order valence-electron chi connectivity index (χ4n) is 1.25. The van der Waals surface area contributed by atoms with Crippen molar-refractivity contribution in [2.24, 2.45) is 0 Å². The maximum absolute atomic E-state index is 11.0. The number of thioether (sulfide) groups is 1. The lowest BCUT2D eigenvalue weighted by Crippen LogP contribution is -2.05. The van der Waals surface area contributed by atoms with Crippen LogP contribution < -0.4 is 5.56 Å². The van der Waals surface area contributed by atoms with E-state index in [0.29, 0.717) is 16.5 Å². The molecule has 0 atom stereocenters. The van der Waals surface area contributed by atoms with Crippen molar-refractivity contribution in [2.45, 2.75) is 10.9 Å². The third-order valence-corrected chi connectivity index (χ3v) is 3.07. The Labute approximate surface area is 102 Å². The largest absolute Gasteiger partial charge is 0.301 e. The van der Waals surface area contributed by atoms with Crippen LogP contribution in [0.1, 0.15) is 11.1 Å². The molecule has 0 saturated carbocycles. The van der Waals surface area contributed by atoms with Crippen molar-refractivity contribution in [3.05, 3.63) is 58.0 Å². The van der Waals surface area contributed by atoms with Crippen LogP contribution in [-0.2, 0) is 5.75 Å². The van der Waals surface area contributed by atoms with Gasteiger partial charge in [-0.3, -0.25) is 4.79 Å². The van der Waals surface area contributed by atoms with E-state index >= 15 is 0 Å². The summed E-state index contributed by atoms with van der Waals surface area (Å²) in [4.78, 5) is 17.7. The van der Waals surface area contributed by atoms with Gasteiger partial charge in [0.05, 0.1) is 11.6 Å². The lowest BCUT2D eigenvalue weighted by atomic mass is 10.2. The van der Waals surface area contributed by atoms with Crippen molar-refractivity contribution in [3.8, 4) is 6.07 Å². The van der Waals surface area contributed by atoms with Crippen molar-refractivity contribution in [3.63, 3.8) is 0 Å². The summed E-state index contributed by atoms with van der Waals surface area (Å²) in [5.41, 5.74) is 1.58. The number of benzene rings is 1. The molecule has 1 aromatic heterocycles. The third kappa shape index (κ3) is 3.20. The highest BCUT2D eigenvalue weighted by Gasteiger charge is 1.98. The highest BCUT2D eigenvalue weighted by atomic mass is 32.2. The lowest BCUT2D eigenvalue weighted by Gasteiger charge is -2.00. The first-order valence-electron chi connectivity index (χ1n) is 4.95. The minimum atomic E-state index is -0.151. The molecule has 2 aromatic rings. The first kappa shape index (κ1) is 11.4. The number of H-pyrrole nitrogens is 1. The van der Waals surface area contributed by atoms with Crippen molar-refractivity contribution in [2.75, 3.05) is 0 Å². The van der Waals surface area contributed by atoms with Gasteiger partial charge in [-0.05, 0) is 17.7 Å². The van der Waals surface area contributed by atoms with Crippen LogP contribution in [0.25, 0.3) is 0 Å². The molecule has 0 fully saturated rings. The highest BCUT2D eigenvalue weighted by molar-refractivity contribution is 7.98. The number of aromatic nitrogens is 2. The van der Waals surface area contributed by atoms with Crippen molar-refractivity contribution in [1.29, 1.82) is 5.26 Å². The Morgan fingerprint density at radius 1 is 1.29 bits per heavy atom. The van der Waals surface area contributed by atoms with Gasteiger partial charge in [-0.15, -0.1) is 0 Å². The standard InChI is InChI=1S/C12H9N3OS/c13-7-9-1-3-10(4-2-9)8-17-12-14-6-5-11(16)15-12/h1-6H,8H2,(H,14,15,16). The molecule has 2 rings (SSSR count). The van der Waals surface area contributed by atoms with E-state index in [2.05, 4.69) is 16.0 Å². The van der Waals surface area contributed by atoms with E-state index < -0.39 is 0 Å². The van der Waals surface area contributed by atoms with E-state index in [1.807, 2.05) is 12.1 Å². The highest BCUT2D eigenvalue weighted by Crippen LogP contribution is 2.17. The Kier molecular flexibility index (Phi) is 3.58. The van der Waals surface area contributed by atoms with Crippen LogP contribution in [0, 0.1) is 11.3 Å². The second kappa shape index (κ2) is 5.32. The summed E-state index contributed by atoms with van der Waals surface area (Å²) in [6.45, 7) is 0. The molecule has 0 aliphatic rings. The molecule has 1 heterocycles. The van der Waals surface area contributed by atoms with E-state index in [1.54, 1.807) is 12.1 Å². The molecule has 5 heteroatoms. The molecule has 17 heavy (non-hydrogen) atoms. The van der Waals surface area contributed by atoms with E-state index in [0.717, 1.165) is 5.56 Å². The third-order valence-electron chi connectivity index (χ3n) is 2.11. The van der Waals surface area contributed by atoms with E-state index in [9.17, 15) is 4.79 Å². The Balaban J connectivity index is 2.02. The molecule has 4 nitrogen and oxygen atoms in total. The van der Waals surface area contributed by atoms with Crippen LogP contribution >= 0.6 is 11.8 Å². The van der Waals surface area contributed by atoms with E-state index in [4.69, 9.17) is 5.26 Å². The summed E-state index contributed by atoms with van der Waals surface area (Å²) in [5, 5.41) is 9.26.